The first kappa shape index (κ1) is 16.4. The molecule has 3 rings (SSSR count). The summed E-state index contributed by atoms with van der Waals surface area (Å²) >= 11 is 0. The Kier molecular flexibility index (Phi) is 5.02. The molecule has 2 N–H and O–H groups in total. The minimum atomic E-state index is -1.02. The third kappa shape index (κ3) is 4.06. The van der Waals surface area contributed by atoms with Crippen molar-refractivity contribution in [3.63, 3.8) is 0 Å². The van der Waals surface area contributed by atoms with Gasteiger partial charge in [0, 0.05) is 43.2 Å². The molecule has 1 aromatic heterocycles. The molecular formula is C17H19N3O4. The van der Waals surface area contributed by atoms with Gasteiger partial charge in [-0.2, -0.15) is 0 Å². The number of hydrogen-bond acceptors (Lipinski definition) is 6. The van der Waals surface area contributed by atoms with E-state index in [1.54, 1.807) is 24.7 Å². The molecule has 7 heteroatoms. The van der Waals surface area contributed by atoms with E-state index in [1.165, 1.54) is 0 Å². The van der Waals surface area contributed by atoms with Crippen LogP contribution in [0.4, 0.5) is 0 Å². The van der Waals surface area contributed by atoms with Gasteiger partial charge in [0.2, 0.25) is 0 Å². The summed E-state index contributed by atoms with van der Waals surface area (Å²) in [7, 11) is 0. The summed E-state index contributed by atoms with van der Waals surface area (Å²) in [6.07, 6.45) is 5.35. The lowest BCUT2D eigenvalue weighted by Crippen LogP contribution is -2.22. The van der Waals surface area contributed by atoms with E-state index in [-0.39, 0.29) is 12.7 Å². The minimum absolute atomic E-state index is 0.309. The number of ether oxygens (including phenoxy) is 1. The van der Waals surface area contributed by atoms with Crippen molar-refractivity contribution in [2.45, 2.75) is 19.1 Å². The minimum Gasteiger partial charge on any atom is -0.482 e. The Morgan fingerprint density at radius 3 is 2.92 bits per heavy atom. The van der Waals surface area contributed by atoms with Crippen molar-refractivity contribution in [3.8, 4) is 17.0 Å². The first-order chi connectivity index (χ1) is 11.6. The van der Waals surface area contributed by atoms with E-state index in [0.717, 1.165) is 29.8 Å². The zero-order valence-electron chi connectivity index (χ0n) is 13.1. The second-order valence-electron chi connectivity index (χ2n) is 5.77. The maximum Gasteiger partial charge on any atom is 0.341 e. The molecule has 1 saturated heterocycles. The van der Waals surface area contributed by atoms with E-state index in [0.29, 0.717) is 18.8 Å². The molecular weight excluding hydrogens is 310 g/mol. The van der Waals surface area contributed by atoms with E-state index in [1.807, 2.05) is 12.1 Å². The van der Waals surface area contributed by atoms with Gasteiger partial charge in [-0.25, -0.2) is 4.79 Å². The van der Waals surface area contributed by atoms with Crippen molar-refractivity contribution in [1.29, 1.82) is 0 Å². The van der Waals surface area contributed by atoms with Crippen LogP contribution in [0.15, 0.2) is 36.8 Å². The lowest BCUT2D eigenvalue weighted by Gasteiger charge is -2.18. The van der Waals surface area contributed by atoms with Gasteiger partial charge in [-0.15, -0.1) is 0 Å². The summed E-state index contributed by atoms with van der Waals surface area (Å²) in [5, 5.41) is 18.5. The van der Waals surface area contributed by atoms with Gasteiger partial charge in [-0.05, 0) is 24.6 Å². The average Bonchev–Trinajstić information content (AvgIpc) is 2.99. The molecule has 1 fully saturated rings. The van der Waals surface area contributed by atoms with Crippen molar-refractivity contribution in [2.75, 3.05) is 19.7 Å². The van der Waals surface area contributed by atoms with Crippen LogP contribution in [0.3, 0.4) is 0 Å². The van der Waals surface area contributed by atoms with Crippen LogP contribution in [-0.4, -0.2) is 56.9 Å². The normalized spacial score (nSPS) is 17.8. The first-order valence-electron chi connectivity index (χ1n) is 7.76. The highest BCUT2D eigenvalue weighted by Crippen LogP contribution is 2.27. The highest BCUT2D eigenvalue weighted by atomic mass is 16.5. The molecule has 2 heterocycles. The molecule has 0 saturated carbocycles. The standard InChI is InChI=1S/C17H19N3O4/c21-14-3-6-20(10-14)9-13-7-12(15-8-18-4-5-19-15)1-2-16(13)24-11-17(22)23/h1-2,4-5,7-8,14,21H,3,6,9-11H2,(H,22,23)/t14-/m1/s1. The van der Waals surface area contributed by atoms with Crippen molar-refractivity contribution in [1.82, 2.24) is 14.9 Å². The van der Waals surface area contributed by atoms with E-state index in [4.69, 9.17) is 9.84 Å². The van der Waals surface area contributed by atoms with Gasteiger partial charge in [-0.3, -0.25) is 14.9 Å². The molecule has 0 spiro atoms. The second kappa shape index (κ2) is 7.37. The molecule has 0 aliphatic carbocycles. The van der Waals surface area contributed by atoms with Crippen molar-refractivity contribution in [2.24, 2.45) is 0 Å². The van der Waals surface area contributed by atoms with Crippen LogP contribution in [-0.2, 0) is 11.3 Å². The molecule has 1 atom stereocenters. The van der Waals surface area contributed by atoms with Crippen molar-refractivity contribution in [3.05, 3.63) is 42.4 Å². The average molecular weight is 329 g/mol. The number of carbonyl (C=O) groups is 1. The molecule has 2 aromatic rings. The summed E-state index contributed by atoms with van der Waals surface area (Å²) in [5.41, 5.74) is 2.50. The first-order valence-corrected chi connectivity index (χ1v) is 7.76. The maximum absolute atomic E-state index is 10.8. The zero-order chi connectivity index (χ0) is 16.9. The molecule has 0 radical (unpaired) electrons. The number of aromatic nitrogens is 2. The largest absolute Gasteiger partial charge is 0.482 e. The lowest BCUT2D eigenvalue weighted by molar-refractivity contribution is -0.139. The third-order valence-corrected chi connectivity index (χ3v) is 3.91. The smallest absolute Gasteiger partial charge is 0.341 e. The number of aliphatic hydroxyl groups excluding tert-OH is 1. The third-order valence-electron chi connectivity index (χ3n) is 3.91. The number of aliphatic hydroxyl groups is 1. The van der Waals surface area contributed by atoms with Crippen LogP contribution >= 0.6 is 0 Å². The predicted octanol–water partition coefficient (Wildman–Crippen LogP) is 1.17. The highest BCUT2D eigenvalue weighted by Gasteiger charge is 2.21. The monoisotopic (exact) mass is 329 g/mol. The number of hydrogen-bond donors (Lipinski definition) is 2. The van der Waals surface area contributed by atoms with Crippen LogP contribution in [0.1, 0.15) is 12.0 Å². The SMILES string of the molecule is O=C(O)COc1ccc(-c2cnccn2)cc1CN1CC[C@@H](O)C1. The molecule has 1 aliphatic heterocycles. The quantitative estimate of drug-likeness (QED) is 0.821. The Labute approximate surface area is 139 Å². The van der Waals surface area contributed by atoms with Crippen molar-refractivity contribution >= 4 is 5.97 Å². The Hall–Kier alpha value is -2.51. The fraction of sp³-hybridized carbons (Fsp3) is 0.353. The van der Waals surface area contributed by atoms with Gasteiger partial charge in [-0.1, -0.05) is 0 Å². The molecule has 0 unspecified atom stereocenters. The van der Waals surface area contributed by atoms with Crippen LogP contribution in [0.2, 0.25) is 0 Å². The summed E-state index contributed by atoms with van der Waals surface area (Å²) in [4.78, 5) is 21.3. The van der Waals surface area contributed by atoms with Crippen LogP contribution < -0.4 is 4.74 Å². The van der Waals surface area contributed by atoms with Gasteiger partial charge in [0.05, 0.1) is 18.0 Å². The van der Waals surface area contributed by atoms with Crippen molar-refractivity contribution < 1.29 is 19.7 Å². The molecule has 0 bridgehead atoms. The number of rotatable bonds is 6. The van der Waals surface area contributed by atoms with Crippen LogP contribution in [0.25, 0.3) is 11.3 Å². The highest BCUT2D eigenvalue weighted by molar-refractivity contribution is 5.69. The number of carboxylic acids is 1. The van der Waals surface area contributed by atoms with E-state index >= 15 is 0 Å². The zero-order valence-corrected chi connectivity index (χ0v) is 13.1. The van der Waals surface area contributed by atoms with E-state index in [9.17, 15) is 9.90 Å². The number of likely N-dealkylation sites (tertiary alicyclic amines) is 1. The molecule has 1 aliphatic rings. The number of carboxylic acid groups (broad SMARTS) is 1. The van der Waals surface area contributed by atoms with Gasteiger partial charge < -0.3 is 14.9 Å². The summed E-state index contributed by atoms with van der Waals surface area (Å²) < 4.78 is 5.40. The fourth-order valence-corrected chi connectivity index (χ4v) is 2.79. The summed E-state index contributed by atoms with van der Waals surface area (Å²) in [6, 6.07) is 5.53. The van der Waals surface area contributed by atoms with Crippen LogP contribution in [0, 0.1) is 0 Å². The number of β-amino-alcohol motifs (C(OH)–C–C–N with tert-alkyl or cyclic N) is 1. The number of nitrogens with zero attached hydrogens (tertiary/aromatic N) is 3. The van der Waals surface area contributed by atoms with Gasteiger partial charge in [0.1, 0.15) is 5.75 Å². The Morgan fingerprint density at radius 2 is 2.25 bits per heavy atom. The van der Waals surface area contributed by atoms with Gasteiger partial charge in [0.15, 0.2) is 6.61 Å². The number of benzene rings is 1. The molecule has 7 nitrogen and oxygen atoms in total. The predicted molar refractivity (Wildman–Crippen MR) is 86.5 cm³/mol. The Balaban J connectivity index is 1.86. The maximum atomic E-state index is 10.8. The number of aliphatic carboxylic acids is 1. The topological polar surface area (TPSA) is 95.8 Å². The van der Waals surface area contributed by atoms with E-state index < -0.39 is 5.97 Å². The van der Waals surface area contributed by atoms with Gasteiger partial charge >= 0.3 is 5.97 Å². The fourth-order valence-electron chi connectivity index (χ4n) is 2.79. The molecule has 1 aromatic carbocycles. The summed E-state index contributed by atoms with van der Waals surface area (Å²) in [6.45, 7) is 1.60. The lowest BCUT2D eigenvalue weighted by atomic mass is 10.1. The molecule has 0 amide bonds. The molecule has 24 heavy (non-hydrogen) atoms. The Bertz CT molecular complexity index is 708. The summed E-state index contributed by atoms with van der Waals surface area (Å²) in [5.74, 6) is -0.484. The van der Waals surface area contributed by atoms with Crippen LogP contribution in [0.5, 0.6) is 5.75 Å². The second-order valence-corrected chi connectivity index (χ2v) is 5.77. The van der Waals surface area contributed by atoms with Gasteiger partial charge in [0.25, 0.3) is 0 Å². The Morgan fingerprint density at radius 1 is 1.38 bits per heavy atom. The molecule has 126 valence electrons. The van der Waals surface area contributed by atoms with E-state index in [2.05, 4.69) is 14.9 Å².